The van der Waals surface area contributed by atoms with Crippen LogP contribution in [0.4, 0.5) is 4.79 Å². The SMILES string of the molecule is CC1(c2ccc(Cl)c(Cl)c2)NC(=O)N(CC(=O)N2CCC(C(N)=O)CC2)C1=O. The minimum absolute atomic E-state index is 0.251. The molecule has 2 aliphatic heterocycles. The van der Waals surface area contributed by atoms with Gasteiger partial charge in [-0.05, 0) is 37.5 Å². The van der Waals surface area contributed by atoms with Gasteiger partial charge in [-0.2, -0.15) is 0 Å². The fraction of sp³-hybridized carbons (Fsp3) is 0.444. The molecule has 3 rings (SSSR count). The molecule has 3 N–H and O–H groups in total. The fourth-order valence-corrected chi connectivity index (χ4v) is 3.79. The Morgan fingerprint density at radius 2 is 1.86 bits per heavy atom. The molecule has 0 saturated carbocycles. The summed E-state index contributed by atoms with van der Waals surface area (Å²) in [6.07, 6.45) is 0.949. The third-order valence-corrected chi connectivity index (χ3v) is 6.05. The van der Waals surface area contributed by atoms with Crippen LogP contribution in [0.1, 0.15) is 25.3 Å². The van der Waals surface area contributed by atoms with E-state index in [9.17, 15) is 19.2 Å². The van der Waals surface area contributed by atoms with Crippen LogP contribution in [0.2, 0.25) is 10.0 Å². The zero-order valence-electron chi connectivity index (χ0n) is 15.2. The van der Waals surface area contributed by atoms with Gasteiger partial charge < -0.3 is 16.0 Å². The second-order valence-corrected chi connectivity index (χ2v) is 7.95. The summed E-state index contributed by atoms with van der Waals surface area (Å²) >= 11 is 11.9. The molecule has 28 heavy (non-hydrogen) atoms. The maximum absolute atomic E-state index is 12.9. The number of nitrogens with zero attached hydrogens (tertiary/aromatic N) is 2. The topological polar surface area (TPSA) is 113 Å². The lowest BCUT2D eigenvalue weighted by Gasteiger charge is -2.31. The summed E-state index contributed by atoms with van der Waals surface area (Å²) in [5.74, 6) is -1.53. The molecule has 1 atom stereocenters. The smallest absolute Gasteiger partial charge is 0.325 e. The van der Waals surface area contributed by atoms with Crippen molar-refractivity contribution in [2.45, 2.75) is 25.3 Å². The molecule has 2 aliphatic rings. The van der Waals surface area contributed by atoms with Crippen molar-refractivity contribution in [3.63, 3.8) is 0 Å². The van der Waals surface area contributed by atoms with Crippen molar-refractivity contribution in [1.29, 1.82) is 0 Å². The number of hydrogen-bond donors (Lipinski definition) is 2. The number of rotatable bonds is 4. The molecular formula is C18H20Cl2N4O4. The summed E-state index contributed by atoms with van der Waals surface area (Å²) in [5.41, 5.74) is 4.42. The molecule has 2 fully saturated rings. The Bertz CT molecular complexity index is 854. The van der Waals surface area contributed by atoms with Crippen molar-refractivity contribution in [3.05, 3.63) is 33.8 Å². The number of benzene rings is 1. The number of nitrogens with one attached hydrogen (secondary N) is 1. The number of likely N-dealkylation sites (tertiary alicyclic amines) is 1. The van der Waals surface area contributed by atoms with Crippen molar-refractivity contribution < 1.29 is 19.2 Å². The minimum Gasteiger partial charge on any atom is -0.369 e. The third-order valence-electron chi connectivity index (χ3n) is 5.32. The molecule has 10 heteroatoms. The highest BCUT2D eigenvalue weighted by Crippen LogP contribution is 2.33. The largest absolute Gasteiger partial charge is 0.369 e. The Morgan fingerprint density at radius 1 is 1.21 bits per heavy atom. The number of nitrogens with two attached hydrogens (primary N) is 1. The first-order chi connectivity index (χ1) is 13.1. The van der Waals surface area contributed by atoms with Gasteiger partial charge in [-0.1, -0.05) is 29.3 Å². The van der Waals surface area contributed by atoms with Gasteiger partial charge in [0, 0.05) is 19.0 Å². The highest BCUT2D eigenvalue weighted by molar-refractivity contribution is 6.42. The van der Waals surface area contributed by atoms with Gasteiger partial charge in [0.15, 0.2) is 0 Å². The van der Waals surface area contributed by atoms with E-state index >= 15 is 0 Å². The molecule has 2 saturated heterocycles. The van der Waals surface area contributed by atoms with E-state index in [-0.39, 0.29) is 29.3 Å². The number of piperidine rings is 1. The zero-order chi connectivity index (χ0) is 20.6. The highest BCUT2D eigenvalue weighted by atomic mass is 35.5. The third kappa shape index (κ3) is 3.66. The number of carbonyl (C=O) groups is 4. The standard InChI is InChI=1S/C18H20Cl2N4O4/c1-18(11-2-3-12(19)13(20)8-11)16(27)24(17(28)22-18)9-14(25)23-6-4-10(5-7-23)15(21)26/h2-3,8,10H,4-7,9H2,1H3,(H2,21,26)(H,22,28). The van der Waals surface area contributed by atoms with E-state index in [4.69, 9.17) is 28.9 Å². The highest BCUT2D eigenvalue weighted by Gasteiger charge is 2.50. The summed E-state index contributed by atoms with van der Waals surface area (Å²) in [6.45, 7) is 1.90. The van der Waals surface area contributed by atoms with Gasteiger partial charge in [-0.3, -0.25) is 19.3 Å². The van der Waals surface area contributed by atoms with Crippen LogP contribution < -0.4 is 11.1 Å². The lowest BCUT2D eigenvalue weighted by molar-refractivity contribution is -0.140. The number of imide groups is 1. The van der Waals surface area contributed by atoms with Gasteiger partial charge in [0.05, 0.1) is 10.0 Å². The van der Waals surface area contributed by atoms with E-state index in [0.717, 1.165) is 4.90 Å². The van der Waals surface area contributed by atoms with Gasteiger partial charge in [0.25, 0.3) is 5.91 Å². The Kier molecular flexibility index (Phi) is 5.54. The van der Waals surface area contributed by atoms with Crippen LogP contribution in [-0.4, -0.2) is 53.2 Å². The predicted molar refractivity (Wildman–Crippen MR) is 103 cm³/mol. The van der Waals surface area contributed by atoms with Crippen LogP contribution >= 0.6 is 23.2 Å². The van der Waals surface area contributed by atoms with E-state index in [1.807, 2.05) is 0 Å². The minimum atomic E-state index is -1.34. The van der Waals surface area contributed by atoms with Crippen LogP contribution in [0.25, 0.3) is 0 Å². The molecule has 0 aliphatic carbocycles. The molecular weight excluding hydrogens is 407 g/mol. The van der Waals surface area contributed by atoms with Crippen LogP contribution in [0.5, 0.6) is 0 Å². The number of carbonyl (C=O) groups excluding carboxylic acids is 4. The molecule has 0 bridgehead atoms. The second-order valence-electron chi connectivity index (χ2n) is 7.13. The van der Waals surface area contributed by atoms with E-state index in [1.54, 1.807) is 19.1 Å². The van der Waals surface area contributed by atoms with Crippen molar-refractivity contribution in [1.82, 2.24) is 15.1 Å². The quantitative estimate of drug-likeness (QED) is 0.709. The van der Waals surface area contributed by atoms with E-state index in [0.29, 0.717) is 36.5 Å². The Hall–Kier alpha value is -2.32. The molecule has 150 valence electrons. The van der Waals surface area contributed by atoms with Crippen molar-refractivity contribution in [2.75, 3.05) is 19.6 Å². The Balaban J connectivity index is 1.71. The fourth-order valence-electron chi connectivity index (χ4n) is 3.49. The van der Waals surface area contributed by atoms with Crippen molar-refractivity contribution >= 4 is 47.0 Å². The first-order valence-corrected chi connectivity index (χ1v) is 9.56. The summed E-state index contributed by atoms with van der Waals surface area (Å²) < 4.78 is 0. The predicted octanol–water partition coefficient (Wildman–Crippen LogP) is 1.48. The molecule has 0 radical (unpaired) electrons. The summed E-state index contributed by atoms with van der Waals surface area (Å²) in [6, 6.07) is 4.01. The Morgan fingerprint density at radius 3 is 2.43 bits per heavy atom. The lowest BCUT2D eigenvalue weighted by atomic mass is 9.92. The van der Waals surface area contributed by atoms with E-state index in [2.05, 4.69) is 5.32 Å². The second kappa shape index (κ2) is 7.60. The molecule has 8 nitrogen and oxygen atoms in total. The first kappa shape index (κ1) is 20.4. The molecule has 0 aromatic heterocycles. The lowest BCUT2D eigenvalue weighted by Crippen LogP contribution is -2.47. The van der Waals surface area contributed by atoms with Gasteiger partial charge >= 0.3 is 6.03 Å². The number of amides is 5. The Labute approximate surface area is 171 Å². The molecule has 2 heterocycles. The first-order valence-electron chi connectivity index (χ1n) is 8.80. The molecule has 0 spiro atoms. The average molecular weight is 427 g/mol. The molecule has 1 aromatic carbocycles. The molecule has 5 amide bonds. The zero-order valence-corrected chi connectivity index (χ0v) is 16.7. The number of halogens is 2. The number of primary amides is 1. The normalized spacial score (nSPS) is 23.1. The average Bonchev–Trinajstić information content (AvgIpc) is 2.88. The van der Waals surface area contributed by atoms with Crippen LogP contribution in [0.15, 0.2) is 18.2 Å². The number of hydrogen-bond acceptors (Lipinski definition) is 4. The summed E-state index contributed by atoms with van der Waals surface area (Å²) in [7, 11) is 0. The summed E-state index contributed by atoms with van der Waals surface area (Å²) in [4.78, 5) is 51.6. The maximum Gasteiger partial charge on any atom is 0.325 e. The van der Waals surface area contributed by atoms with Gasteiger partial charge in [0.2, 0.25) is 11.8 Å². The van der Waals surface area contributed by atoms with Gasteiger partial charge in [0.1, 0.15) is 12.1 Å². The maximum atomic E-state index is 12.9. The van der Waals surface area contributed by atoms with Crippen molar-refractivity contribution in [2.24, 2.45) is 11.7 Å². The molecule has 1 unspecified atom stereocenters. The monoisotopic (exact) mass is 426 g/mol. The van der Waals surface area contributed by atoms with Gasteiger partial charge in [-0.15, -0.1) is 0 Å². The van der Waals surface area contributed by atoms with Crippen LogP contribution in [0, 0.1) is 5.92 Å². The summed E-state index contributed by atoms with van der Waals surface area (Å²) in [5, 5.41) is 3.22. The van der Waals surface area contributed by atoms with E-state index in [1.165, 1.54) is 11.0 Å². The van der Waals surface area contributed by atoms with Gasteiger partial charge in [-0.25, -0.2) is 4.79 Å². The molecule has 1 aromatic rings. The van der Waals surface area contributed by atoms with Crippen LogP contribution in [0.3, 0.4) is 0 Å². The van der Waals surface area contributed by atoms with E-state index < -0.39 is 17.5 Å². The van der Waals surface area contributed by atoms with Crippen LogP contribution in [-0.2, 0) is 19.9 Å². The van der Waals surface area contributed by atoms with Crippen molar-refractivity contribution in [3.8, 4) is 0 Å². The number of urea groups is 1.